The molecule has 0 aliphatic carbocycles. The first kappa shape index (κ1) is 12.6. The molecular formula is C10H12F3NO2. The summed E-state index contributed by atoms with van der Waals surface area (Å²) in [5, 5.41) is 0. The van der Waals surface area contributed by atoms with Crippen molar-refractivity contribution < 1.29 is 22.6 Å². The standard InChI is InChI=1S/C10H12F3NO2/c11-9(12)10(13)16-8-4-2-1-3-7(8)15-6-5-14/h1-4,9-10H,5-6,14H2. The first-order valence-corrected chi connectivity index (χ1v) is 4.66. The predicted molar refractivity (Wildman–Crippen MR) is 52.5 cm³/mol. The highest BCUT2D eigenvalue weighted by molar-refractivity contribution is 5.39. The maximum absolute atomic E-state index is 12.7. The molecule has 0 heterocycles. The Morgan fingerprint density at radius 3 is 2.31 bits per heavy atom. The van der Waals surface area contributed by atoms with Gasteiger partial charge in [0, 0.05) is 6.54 Å². The van der Waals surface area contributed by atoms with Crippen LogP contribution in [0.2, 0.25) is 0 Å². The van der Waals surface area contributed by atoms with Gasteiger partial charge in [-0.2, -0.15) is 4.39 Å². The van der Waals surface area contributed by atoms with Crippen LogP contribution in [0.3, 0.4) is 0 Å². The number of alkyl halides is 3. The molecule has 1 unspecified atom stereocenters. The van der Waals surface area contributed by atoms with E-state index in [-0.39, 0.29) is 24.7 Å². The normalized spacial score (nSPS) is 12.6. The fourth-order valence-corrected chi connectivity index (χ4v) is 1.01. The summed E-state index contributed by atoms with van der Waals surface area (Å²) in [7, 11) is 0. The van der Waals surface area contributed by atoms with Crippen molar-refractivity contribution in [2.24, 2.45) is 5.73 Å². The third-order valence-electron chi connectivity index (χ3n) is 1.66. The van der Waals surface area contributed by atoms with Gasteiger partial charge in [-0.25, -0.2) is 8.78 Å². The molecule has 0 radical (unpaired) electrons. The van der Waals surface area contributed by atoms with E-state index in [1.165, 1.54) is 18.2 Å². The summed E-state index contributed by atoms with van der Waals surface area (Å²) in [5.74, 6) is 0.125. The number of nitrogens with two attached hydrogens (primary N) is 1. The Morgan fingerprint density at radius 1 is 1.12 bits per heavy atom. The molecule has 3 nitrogen and oxygen atoms in total. The number of hydrogen-bond donors (Lipinski definition) is 1. The van der Waals surface area contributed by atoms with Gasteiger partial charge in [-0.15, -0.1) is 0 Å². The summed E-state index contributed by atoms with van der Waals surface area (Å²) < 4.78 is 46.1. The van der Waals surface area contributed by atoms with E-state index in [9.17, 15) is 13.2 Å². The fraction of sp³-hybridized carbons (Fsp3) is 0.400. The second kappa shape index (κ2) is 6.22. The van der Waals surface area contributed by atoms with Gasteiger partial charge < -0.3 is 15.2 Å². The Balaban J connectivity index is 2.70. The van der Waals surface area contributed by atoms with Crippen molar-refractivity contribution in [2.75, 3.05) is 13.2 Å². The SMILES string of the molecule is NCCOc1ccccc1OC(F)C(F)F. The van der Waals surface area contributed by atoms with Gasteiger partial charge in [-0.05, 0) is 12.1 Å². The lowest BCUT2D eigenvalue weighted by Gasteiger charge is -2.14. The van der Waals surface area contributed by atoms with Crippen molar-refractivity contribution >= 4 is 0 Å². The van der Waals surface area contributed by atoms with Gasteiger partial charge in [0.2, 0.25) is 0 Å². The zero-order chi connectivity index (χ0) is 12.0. The Morgan fingerprint density at radius 2 is 1.75 bits per heavy atom. The van der Waals surface area contributed by atoms with E-state index in [0.29, 0.717) is 0 Å². The maximum atomic E-state index is 12.7. The minimum Gasteiger partial charge on any atom is -0.488 e. The van der Waals surface area contributed by atoms with Crippen LogP contribution in [-0.2, 0) is 0 Å². The monoisotopic (exact) mass is 235 g/mol. The molecule has 1 atom stereocenters. The van der Waals surface area contributed by atoms with Crippen molar-refractivity contribution in [3.8, 4) is 11.5 Å². The quantitative estimate of drug-likeness (QED) is 0.819. The highest BCUT2D eigenvalue weighted by atomic mass is 19.3. The first-order chi connectivity index (χ1) is 7.65. The Labute approximate surface area is 91.0 Å². The van der Waals surface area contributed by atoms with Crippen LogP contribution in [0, 0.1) is 0 Å². The second-order valence-corrected chi connectivity index (χ2v) is 2.89. The molecule has 0 fully saturated rings. The van der Waals surface area contributed by atoms with Gasteiger partial charge in [0.05, 0.1) is 0 Å². The van der Waals surface area contributed by atoms with Crippen molar-refractivity contribution in [3.05, 3.63) is 24.3 Å². The molecule has 0 aliphatic rings. The lowest BCUT2D eigenvalue weighted by molar-refractivity contribution is -0.0679. The summed E-state index contributed by atoms with van der Waals surface area (Å²) in [4.78, 5) is 0. The van der Waals surface area contributed by atoms with Gasteiger partial charge in [0.25, 0.3) is 6.36 Å². The zero-order valence-corrected chi connectivity index (χ0v) is 8.41. The minimum absolute atomic E-state index is 0.0660. The topological polar surface area (TPSA) is 44.5 Å². The van der Waals surface area contributed by atoms with Crippen LogP contribution in [0.25, 0.3) is 0 Å². The smallest absolute Gasteiger partial charge is 0.304 e. The molecule has 0 spiro atoms. The average molecular weight is 235 g/mol. The lowest BCUT2D eigenvalue weighted by Crippen LogP contribution is -2.20. The summed E-state index contributed by atoms with van der Waals surface area (Å²) >= 11 is 0. The number of halogens is 3. The summed E-state index contributed by atoms with van der Waals surface area (Å²) in [6, 6.07) is 5.99. The van der Waals surface area contributed by atoms with E-state index in [1.807, 2.05) is 0 Å². The number of ether oxygens (including phenoxy) is 2. The van der Waals surface area contributed by atoms with Crippen LogP contribution in [0.15, 0.2) is 24.3 Å². The summed E-state index contributed by atoms with van der Waals surface area (Å²) in [6.45, 7) is 0.467. The second-order valence-electron chi connectivity index (χ2n) is 2.89. The zero-order valence-electron chi connectivity index (χ0n) is 8.41. The van der Waals surface area contributed by atoms with Crippen LogP contribution >= 0.6 is 0 Å². The van der Waals surface area contributed by atoms with Crippen LogP contribution in [0.1, 0.15) is 0 Å². The van der Waals surface area contributed by atoms with Gasteiger partial charge in [-0.3, -0.25) is 0 Å². The van der Waals surface area contributed by atoms with E-state index in [1.54, 1.807) is 6.07 Å². The Hall–Kier alpha value is -1.43. The largest absolute Gasteiger partial charge is 0.488 e. The molecular weight excluding hydrogens is 223 g/mol. The van der Waals surface area contributed by atoms with E-state index < -0.39 is 12.8 Å². The number of hydrogen-bond acceptors (Lipinski definition) is 3. The molecule has 0 saturated heterocycles. The van der Waals surface area contributed by atoms with E-state index >= 15 is 0 Å². The molecule has 2 N–H and O–H groups in total. The Kier molecular flexibility index (Phi) is 4.91. The molecule has 1 aromatic rings. The molecule has 16 heavy (non-hydrogen) atoms. The number of rotatable bonds is 6. The molecule has 0 bridgehead atoms. The molecule has 0 saturated carbocycles. The Bertz CT molecular complexity index is 323. The summed E-state index contributed by atoms with van der Waals surface area (Å²) in [5.41, 5.74) is 5.22. The van der Waals surface area contributed by atoms with Gasteiger partial charge >= 0.3 is 6.43 Å². The average Bonchev–Trinajstić information content (AvgIpc) is 2.27. The van der Waals surface area contributed by atoms with Gasteiger partial charge in [-0.1, -0.05) is 12.1 Å². The van der Waals surface area contributed by atoms with Crippen molar-refractivity contribution in [1.29, 1.82) is 0 Å². The van der Waals surface area contributed by atoms with Crippen LogP contribution in [0.5, 0.6) is 11.5 Å². The number of para-hydroxylation sites is 2. The third-order valence-corrected chi connectivity index (χ3v) is 1.66. The minimum atomic E-state index is -3.19. The van der Waals surface area contributed by atoms with E-state index in [2.05, 4.69) is 4.74 Å². The van der Waals surface area contributed by atoms with Crippen molar-refractivity contribution in [1.82, 2.24) is 0 Å². The third kappa shape index (κ3) is 3.62. The predicted octanol–water partition coefficient (Wildman–Crippen LogP) is 1.96. The van der Waals surface area contributed by atoms with Crippen molar-refractivity contribution in [3.63, 3.8) is 0 Å². The summed E-state index contributed by atoms with van der Waals surface area (Å²) in [6.07, 6.45) is -5.86. The number of benzene rings is 1. The fourth-order valence-electron chi connectivity index (χ4n) is 1.01. The van der Waals surface area contributed by atoms with Crippen LogP contribution in [-0.4, -0.2) is 25.9 Å². The molecule has 1 aromatic carbocycles. The lowest BCUT2D eigenvalue weighted by atomic mass is 10.3. The van der Waals surface area contributed by atoms with Crippen LogP contribution < -0.4 is 15.2 Å². The first-order valence-electron chi connectivity index (χ1n) is 4.66. The molecule has 0 aromatic heterocycles. The highest BCUT2D eigenvalue weighted by Gasteiger charge is 2.22. The molecule has 0 aliphatic heterocycles. The maximum Gasteiger partial charge on any atom is 0.304 e. The molecule has 6 heteroatoms. The van der Waals surface area contributed by atoms with Gasteiger partial charge in [0.1, 0.15) is 6.61 Å². The van der Waals surface area contributed by atoms with Crippen LogP contribution in [0.4, 0.5) is 13.2 Å². The van der Waals surface area contributed by atoms with Gasteiger partial charge in [0.15, 0.2) is 11.5 Å². The molecule has 1 rings (SSSR count). The van der Waals surface area contributed by atoms with E-state index in [4.69, 9.17) is 10.5 Å². The molecule has 0 amide bonds. The van der Waals surface area contributed by atoms with E-state index in [0.717, 1.165) is 0 Å². The highest BCUT2D eigenvalue weighted by Crippen LogP contribution is 2.28. The van der Waals surface area contributed by atoms with Crippen molar-refractivity contribution in [2.45, 2.75) is 12.8 Å². The molecule has 90 valence electrons.